The predicted octanol–water partition coefficient (Wildman–Crippen LogP) is 4.43. The van der Waals surface area contributed by atoms with Crippen molar-refractivity contribution in [2.75, 3.05) is 17.1 Å². The van der Waals surface area contributed by atoms with Crippen LogP contribution in [0.4, 0.5) is 17.2 Å². The standard InChI is InChI=1S/C22H26N4O4S/c1-14(2)30-22-13-21(23-16(4)24-22)25-17-6-8-18(9-7-17)26-31(27,28)19-10-11-20(29-5)15(3)12-19/h6-14,26H,1-5H3,(H,23,24,25). The molecule has 1 heterocycles. The highest BCUT2D eigenvalue weighted by Crippen LogP contribution is 2.25. The summed E-state index contributed by atoms with van der Waals surface area (Å²) in [5.41, 5.74) is 1.93. The molecule has 2 N–H and O–H groups in total. The van der Waals surface area contributed by atoms with Crippen LogP contribution >= 0.6 is 0 Å². The van der Waals surface area contributed by atoms with Gasteiger partial charge in [0.2, 0.25) is 5.88 Å². The first-order valence-corrected chi connectivity index (χ1v) is 11.2. The van der Waals surface area contributed by atoms with Crippen LogP contribution in [-0.4, -0.2) is 31.6 Å². The second kappa shape index (κ2) is 9.22. The molecule has 0 aliphatic heterocycles. The topological polar surface area (TPSA) is 102 Å². The smallest absolute Gasteiger partial charge is 0.261 e. The van der Waals surface area contributed by atoms with Crippen molar-refractivity contribution in [1.82, 2.24) is 9.97 Å². The Labute approximate surface area is 182 Å². The maximum atomic E-state index is 12.7. The summed E-state index contributed by atoms with van der Waals surface area (Å²) >= 11 is 0. The molecule has 0 spiro atoms. The quantitative estimate of drug-likeness (QED) is 0.532. The van der Waals surface area contributed by atoms with Gasteiger partial charge in [-0.2, -0.15) is 4.98 Å². The first-order chi connectivity index (χ1) is 14.7. The molecule has 9 heteroatoms. The molecular weight excluding hydrogens is 416 g/mol. The van der Waals surface area contributed by atoms with Gasteiger partial charge in [0.15, 0.2) is 0 Å². The fourth-order valence-corrected chi connectivity index (χ4v) is 4.05. The van der Waals surface area contributed by atoms with Gasteiger partial charge in [-0.25, -0.2) is 13.4 Å². The van der Waals surface area contributed by atoms with E-state index in [4.69, 9.17) is 9.47 Å². The van der Waals surface area contributed by atoms with E-state index in [1.807, 2.05) is 13.8 Å². The fraction of sp³-hybridized carbons (Fsp3) is 0.273. The molecular formula is C22H26N4O4S. The van der Waals surface area contributed by atoms with Crippen LogP contribution in [0.15, 0.2) is 53.4 Å². The summed E-state index contributed by atoms with van der Waals surface area (Å²) in [6, 6.07) is 13.3. The van der Waals surface area contributed by atoms with E-state index in [0.29, 0.717) is 29.0 Å². The van der Waals surface area contributed by atoms with Gasteiger partial charge >= 0.3 is 0 Å². The normalized spacial score (nSPS) is 11.3. The Bertz CT molecular complexity index is 1160. The summed E-state index contributed by atoms with van der Waals surface area (Å²) in [4.78, 5) is 8.78. The number of benzene rings is 2. The van der Waals surface area contributed by atoms with Crippen molar-refractivity contribution in [2.24, 2.45) is 0 Å². The Kier molecular flexibility index (Phi) is 6.65. The first kappa shape index (κ1) is 22.4. The summed E-state index contributed by atoms with van der Waals surface area (Å²) in [7, 11) is -2.17. The van der Waals surface area contributed by atoms with E-state index in [9.17, 15) is 8.42 Å². The van der Waals surface area contributed by atoms with Crippen molar-refractivity contribution in [3.63, 3.8) is 0 Å². The molecule has 0 aliphatic carbocycles. The van der Waals surface area contributed by atoms with Gasteiger partial charge in [0, 0.05) is 17.4 Å². The minimum atomic E-state index is -3.72. The second-order valence-electron chi connectivity index (χ2n) is 7.24. The van der Waals surface area contributed by atoms with Crippen LogP contribution in [-0.2, 0) is 10.0 Å². The lowest BCUT2D eigenvalue weighted by molar-refractivity contribution is 0.232. The molecule has 3 aromatic rings. The molecule has 8 nitrogen and oxygen atoms in total. The lowest BCUT2D eigenvalue weighted by atomic mass is 10.2. The number of rotatable bonds is 8. The van der Waals surface area contributed by atoms with E-state index in [1.54, 1.807) is 63.4 Å². The fourth-order valence-electron chi connectivity index (χ4n) is 2.91. The van der Waals surface area contributed by atoms with E-state index in [-0.39, 0.29) is 11.0 Å². The molecule has 2 aromatic carbocycles. The average molecular weight is 443 g/mol. The highest BCUT2D eigenvalue weighted by molar-refractivity contribution is 7.92. The number of hydrogen-bond acceptors (Lipinski definition) is 7. The summed E-state index contributed by atoms with van der Waals surface area (Å²) in [5.74, 6) is 2.30. The lowest BCUT2D eigenvalue weighted by Gasteiger charge is -2.13. The zero-order valence-electron chi connectivity index (χ0n) is 18.1. The number of anilines is 3. The monoisotopic (exact) mass is 442 g/mol. The maximum absolute atomic E-state index is 12.7. The molecule has 0 atom stereocenters. The first-order valence-electron chi connectivity index (χ1n) is 9.73. The van der Waals surface area contributed by atoms with Crippen molar-refractivity contribution in [3.05, 3.63) is 59.9 Å². The van der Waals surface area contributed by atoms with Crippen molar-refractivity contribution in [2.45, 2.75) is 38.7 Å². The molecule has 0 bridgehead atoms. The third kappa shape index (κ3) is 5.85. The third-order valence-corrected chi connectivity index (χ3v) is 5.64. The molecule has 1 aromatic heterocycles. The molecule has 0 unspecified atom stereocenters. The van der Waals surface area contributed by atoms with Crippen LogP contribution in [0.5, 0.6) is 11.6 Å². The van der Waals surface area contributed by atoms with Crippen molar-refractivity contribution >= 4 is 27.2 Å². The number of methoxy groups -OCH3 is 1. The predicted molar refractivity (Wildman–Crippen MR) is 121 cm³/mol. The molecule has 0 saturated carbocycles. The minimum Gasteiger partial charge on any atom is -0.496 e. The number of hydrogen-bond donors (Lipinski definition) is 2. The van der Waals surface area contributed by atoms with Crippen LogP contribution in [0, 0.1) is 13.8 Å². The van der Waals surface area contributed by atoms with Gasteiger partial charge in [0.25, 0.3) is 10.0 Å². The Hall–Kier alpha value is -3.33. The average Bonchev–Trinajstić information content (AvgIpc) is 2.68. The lowest BCUT2D eigenvalue weighted by Crippen LogP contribution is -2.13. The number of nitrogens with one attached hydrogen (secondary N) is 2. The molecule has 31 heavy (non-hydrogen) atoms. The summed E-state index contributed by atoms with van der Waals surface area (Å²) in [6.07, 6.45) is 0.00365. The summed E-state index contributed by atoms with van der Waals surface area (Å²) in [6.45, 7) is 7.44. The van der Waals surface area contributed by atoms with Crippen LogP contribution in [0.25, 0.3) is 0 Å². The van der Waals surface area contributed by atoms with Gasteiger partial charge in [-0.05, 0) is 75.7 Å². The number of aromatic nitrogens is 2. The van der Waals surface area contributed by atoms with Gasteiger partial charge < -0.3 is 14.8 Å². The van der Waals surface area contributed by atoms with Crippen molar-refractivity contribution in [3.8, 4) is 11.6 Å². The second-order valence-corrected chi connectivity index (χ2v) is 8.93. The highest BCUT2D eigenvalue weighted by Gasteiger charge is 2.16. The van der Waals surface area contributed by atoms with E-state index in [2.05, 4.69) is 20.0 Å². The number of sulfonamides is 1. The minimum absolute atomic E-state index is 0.00365. The van der Waals surface area contributed by atoms with Crippen LogP contribution in [0.1, 0.15) is 25.2 Å². The van der Waals surface area contributed by atoms with E-state index < -0.39 is 10.0 Å². The molecule has 164 valence electrons. The SMILES string of the molecule is COc1ccc(S(=O)(=O)Nc2ccc(Nc3cc(OC(C)C)nc(C)n3)cc2)cc1C. The molecule has 0 fully saturated rings. The highest BCUT2D eigenvalue weighted by atomic mass is 32.2. The largest absolute Gasteiger partial charge is 0.496 e. The molecule has 0 amide bonds. The zero-order chi connectivity index (χ0) is 22.6. The molecule has 0 aliphatic rings. The van der Waals surface area contributed by atoms with E-state index in [1.165, 1.54) is 6.07 Å². The Balaban J connectivity index is 1.73. The van der Waals surface area contributed by atoms with Gasteiger partial charge in [-0.1, -0.05) is 0 Å². The van der Waals surface area contributed by atoms with Gasteiger partial charge in [-0.3, -0.25) is 4.72 Å². The molecule has 0 radical (unpaired) electrons. The van der Waals surface area contributed by atoms with Gasteiger partial charge in [0.05, 0.1) is 18.1 Å². The third-order valence-electron chi connectivity index (χ3n) is 4.26. The number of ether oxygens (including phenoxy) is 2. The van der Waals surface area contributed by atoms with Crippen molar-refractivity contribution in [1.29, 1.82) is 0 Å². The van der Waals surface area contributed by atoms with Crippen LogP contribution < -0.4 is 19.5 Å². The Morgan fingerprint density at radius 1 is 0.935 bits per heavy atom. The van der Waals surface area contributed by atoms with E-state index in [0.717, 1.165) is 11.3 Å². The summed E-state index contributed by atoms with van der Waals surface area (Å²) < 4.78 is 38.8. The maximum Gasteiger partial charge on any atom is 0.261 e. The van der Waals surface area contributed by atoms with Gasteiger partial charge in [0.1, 0.15) is 17.4 Å². The number of aryl methyl sites for hydroxylation is 2. The molecule has 3 rings (SSSR count). The summed E-state index contributed by atoms with van der Waals surface area (Å²) in [5, 5.41) is 3.18. The van der Waals surface area contributed by atoms with Crippen LogP contribution in [0.2, 0.25) is 0 Å². The van der Waals surface area contributed by atoms with Crippen molar-refractivity contribution < 1.29 is 17.9 Å². The van der Waals surface area contributed by atoms with Crippen LogP contribution in [0.3, 0.4) is 0 Å². The number of nitrogens with zero attached hydrogens (tertiary/aromatic N) is 2. The molecule has 0 saturated heterocycles. The van der Waals surface area contributed by atoms with Gasteiger partial charge in [-0.15, -0.1) is 0 Å². The zero-order valence-corrected chi connectivity index (χ0v) is 18.9. The Morgan fingerprint density at radius 3 is 2.23 bits per heavy atom. The Morgan fingerprint density at radius 2 is 1.61 bits per heavy atom. The van der Waals surface area contributed by atoms with E-state index >= 15 is 0 Å².